The lowest BCUT2D eigenvalue weighted by Crippen LogP contribution is -2.30. The third-order valence-corrected chi connectivity index (χ3v) is 3.97. The summed E-state index contributed by atoms with van der Waals surface area (Å²) in [4.78, 5) is 0. The van der Waals surface area contributed by atoms with Crippen LogP contribution in [0.25, 0.3) is 0 Å². The minimum absolute atomic E-state index is 0.589. The largest absolute Gasteiger partial charge is 0.377 e. The SMILES string of the molecule is CC1CCC2OCCC3=C(C3)C2C1. The summed E-state index contributed by atoms with van der Waals surface area (Å²) in [6.07, 6.45) is 7.26. The number of hydrogen-bond donors (Lipinski definition) is 0. The van der Waals surface area contributed by atoms with Gasteiger partial charge in [-0.25, -0.2) is 0 Å². The number of hydrogen-bond acceptors (Lipinski definition) is 1. The Kier molecular flexibility index (Phi) is 1.76. The van der Waals surface area contributed by atoms with Crippen molar-refractivity contribution in [2.24, 2.45) is 11.8 Å². The van der Waals surface area contributed by atoms with E-state index in [4.69, 9.17) is 4.74 Å². The minimum Gasteiger partial charge on any atom is -0.377 e. The zero-order chi connectivity index (χ0) is 8.84. The molecule has 3 aliphatic rings. The van der Waals surface area contributed by atoms with E-state index in [1.54, 1.807) is 11.1 Å². The molecule has 1 aliphatic heterocycles. The predicted molar refractivity (Wildman–Crippen MR) is 52.5 cm³/mol. The highest BCUT2D eigenvalue weighted by Gasteiger charge is 2.39. The van der Waals surface area contributed by atoms with Crippen LogP contribution in [-0.4, -0.2) is 12.7 Å². The molecule has 1 heteroatoms. The Hall–Kier alpha value is -0.300. The Morgan fingerprint density at radius 1 is 1.31 bits per heavy atom. The topological polar surface area (TPSA) is 9.23 Å². The fourth-order valence-corrected chi connectivity index (χ4v) is 3.08. The van der Waals surface area contributed by atoms with Crippen molar-refractivity contribution in [1.82, 2.24) is 0 Å². The maximum absolute atomic E-state index is 5.91. The molecule has 0 amide bonds. The molecule has 0 radical (unpaired) electrons. The summed E-state index contributed by atoms with van der Waals surface area (Å²) in [6.45, 7) is 3.39. The maximum atomic E-state index is 5.91. The molecule has 1 fully saturated rings. The van der Waals surface area contributed by atoms with E-state index in [1.165, 1.54) is 32.1 Å². The molecule has 3 unspecified atom stereocenters. The number of fused-ring (bicyclic) bond motifs is 2. The normalized spacial score (nSPS) is 43.6. The summed E-state index contributed by atoms with van der Waals surface area (Å²) in [5.74, 6) is 1.75. The molecule has 1 nitrogen and oxygen atoms in total. The van der Waals surface area contributed by atoms with E-state index in [0.717, 1.165) is 18.4 Å². The molecule has 0 aromatic carbocycles. The van der Waals surface area contributed by atoms with Crippen molar-refractivity contribution in [1.29, 1.82) is 0 Å². The number of rotatable bonds is 0. The van der Waals surface area contributed by atoms with Crippen molar-refractivity contribution in [3.05, 3.63) is 11.1 Å². The van der Waals surface area contributed by atoms with Crippen molar-refractivity contribution in [3.63, 3.8) is 0 Å². The second-order valence-electron chi connectivity index (χ2n) is 4.99. The zero-order valence-electron chi connectivity index (χ0n) is 8.38. The summed E-state index contributed by atoms with van der Waals surface area (Å²) in [6, 6.07) is 0. The monoisotopic (exact) mass is 178 g/mol. The van der Waals surface area contributed by atoms with Crippen LogP contribution in [0, 0.1) is 11.8 Å². The second-order valence-corrected chi connectivity index (χ2v) is 4.99. The molecule has 0 spiro atoms. The van der Waals surface area contributed by atoms with Crippen LogP contribution in [0.1, 0.15) is 39.0 Å². The van der Waals surface area contributed by atoms with Gasteiger partial charge in [-0.15, -0.1) is 0 Å². The van der Waals surface area contributed by atoms with E-state index in [9.17, 15) is 0 Å². The molecule has 1 saturated carbocycles. The number of ether oxygens (including phenoxy) is 1. The molecule has 3 atom stereocenters. The molecule has 0 aromatic heterocycles. The summed E-state index contributed by atoms with van der Waals surface area (Å²) in [5.41, 5.74) is 3.52. The average molecular weight is 178 g/mol. The Labute approximate surface area is 80.2 Å². The van der Waals surface area contributed by atoms with Gasteiger partial charge in [0.05, 0.1) is 12.7 Å². The van der Waals surface area contributed by atoms with Crippen molar-refractivity contribution in [2.45, 2.75) is 45.1 Å². The average Bonchev–Trinajstić information content (AvgIpc) is 2.85. The third kappa shape index (κ3) is 1.34. The molecular formula is C12H18O. The van der Waals surface area contributed by atoms with E-state index in [0.29, 0.717) is 6.10 Å². The van der Waals surface area contributed by atoms with Crippen LogP contribution in [0.3, 0.4) is 0 Å². The van der Waals surface area contributed by atoms with Gasteiger partial charge in [0.15, 0.2) is 0 Å². The van der Waals surface area contributed by atoms with Crippen molar-refractivity contribution < 1.29 is 4.74 Å². The predicted octanol–water partition coefficient (Wildman–Crippen LogP) is 2.91. The lowest BCUT2D eigenvalue weighted by molar-refractivity contribution is -0.00395. The summed E-state index contributed by atoms with van der Waals surface area (Å²) < 4.78 is 5.91. The van der Waals surface area contributed by atoms with Crippen LogP contribution in [0.15, 0.2) is 11.1 Å². The lowest BCUT2D eigenvalue weighted by atomic mass is 9.79. The molecule has 0 bridgehead atoms. The van der Waals surface area contributed by atoms with Crippen LogP contribution >= 0.6 is 0 Å². The Morgan fingerprint density at radius 2 is 2.23 bits per heavy atom. The third-order valence-electron chi connectivity index (χ3n) is 3.97. The lowest BCUT2D eigenvalue weighted by Gasteiger charge is -2.33. The van der Waals surface area contributed by atoms with Crippen molar-refractivity contribution in [3.8, 4) is 0 Å². The van der Waals surface area contributed by atoms with Crippen LogP contribution in [0.5, 0.6) is 0 Å². The fraction of sp³-hybridized carbons (Fsp3) is 0.833. The fourth-order valence-electron chi connectivity index (χ4n) is 3.08. The first kappa shape index (κ1) is 8.05. The molecule has 0 aromatic rings. The van der Waals surface area contributed by atoms with Crippen LogP contribution in [0.4, 0.5) is 0 Å². The van der Waals surface area contributed by atoms with Crippen molar-refractivity contribution >= 4 is 0 Å². The summed E-state index contributed by atoms with van der Waals surface area (Å²) >= 11 is 0. The van der Waals surface area contributed by atoms with Gasteiger partial charge in [0.25, 0.3) is 0 Å². The van der Waals surface area contributed by atoms with Gasteiger partial charge < -0.3 is 4.74 Å². The van der Waals surface area contributed by atoms with Crippen LogP contribution in [0.2, 0.25) is 0 Å². The smallest absolute Gasteiger partial charge is 0.0640 e. The highest BCUT2D eigenvalue weighted by Crippen LogP contribution is 2.49. The Bertz CT molecular complexity index is 254. The highest BCUT2D eigenvalue weighted by molar-refractivity contribution is 5.38. The Morgan fingerprint density at radius 3 is 3.15 bits per heavy atom. The molecule has 3 rings (SSSR count). The van der Waals surface area contributed by atoms with E-state index in [-0.39, 0.29) is 0 Å². The first-order valence-electron chi connectivity index (χ1n) is 5.67. The van der Waals surface area contributed by atoms with Gasteiger partial charge in [0, 0.05) is 5.92 Å². The van der Waals surface area contributed by atoms with E-state index >= 15 is 0 Å². The summed E-state index contributed by atoms with van der Waals surface area (Å²) in [7, 11) is 0. The molecule has 1 heterocycles. The van der Waals surface area contributed by atoms with E-state index in [2.05, 4.69) is 6.92 Å². The van der Waals surface area contributed by atoms with Gasteiger partial charge in [0.2, 0.25) is 0 Å². The summed E-state index contributed by atoms with van der Waals surface area (Å²) in [5, 5.41) is 0. The van der Waals surface area contributed by atoms with Gasteiger partial charge in [-0.05, 0) is 38.0 Å². The minimum atomic E-state index is 0.589. The van der Waals surface area contributed by atoms with Gasteiger partial charge in [-0.3, -0.25) is 0 Å². The zero-order valence-corrected chi connectivity index (χ0v) is 8.38. The quantitative estimate of drug-likeness (QED) is 0.518. The first-order chi connectivity index (χ1) is 6.34. The van der Waals surface area contributed by atoms with E-state index < -0.39 is 0 Å². The standard InChI is InChI=1S/C12H18O/c1-8-2-3-12-11(6-8)10-7-9(10)4-5-13-12/h8,11-12H,2-7H2,1H3. The van der Waals surface area contributed by atoms with Gasteiger partial charge in [-0.2, -0.15) is 0 Å². The van der Waals surface area contributed by atoms with Crippen LogP contribution < -0.4 is 0 Å². The Balaban J connectivity index is 1.81. The molecule has 72 valence electrons. The maximum Gasteiger partial charge on any atom is 0.0640 e. The molecule has 0 saturated heterocycles. The van der Waals surface area contributed by atoms with Crippen LogP contribution in [-0.2, 0) is 4.74 Å². The van der Waals surface area contributed by atoms with Gasteiger partial charge in [0.1, 0.15) is 0 Å². The van der Waals surface area contributed by atoms with E-state index in [1.807, 2.05) is 0 Å². The first-order valence-corrected chi connectivity index (χ1v) is 5.67. The molecule has 0 N–H and O–H groups in total. The second kappa shape index (κ2) is 2.84. The van der Waals surface area contributed by atoms with Gasteiger partial charge in [-0.1, -0.05) is 18.1 Å². The molecular weight excluding hydrogens is 160 g/mol. The van der Waals surface area contributed by atoms with Gasteiger partial charge >= 0.3 is 0 Å². The van der Waals surface area contributed by atoms with Crippen molar-refractivity contribution in [2.75, 3.05) is 6.61 Å². The molecule has 2 aliphatic carbocycles. The molecule has 13 heavy (non-hydrogen) atoms. The highest BCUT2D eigenvalue weighted by atomic mass is 16.5.